The lowest BCUT2D eigenvalue weighted by molar-refractivity contribution is -0.120. The number of carbonyl (C=O) groups excluding carboxylic acids is 1. The standard InChI is InChI=1S/C14H14BrN3O/c15-10-2-4-11(5-3-10)18-14(19)9-1-6-12-13(7-9)17-8-16-12/h2-5,8-9H,1,6-7H2,(H,16,17)(H,18,19). The minimum Gasteiger partial charge on any atom is -0.348 e. The molecule has 1 unspecified atom stereocenters. The Morgan fingerprint density at radius 2 is 2.16 bits per heavy atom. The first kappa shape index (κ1) is 12.4. The lowest BCUT2D eigenvalue weighted by atomic mass is 9.89. The zero-order valence-electron chi connectivity index (χ0n) is 10.3. The summed E-state index contributed by atoms with van der Waals surface area (Å²) in [5, 5.41) is 2.97. The molecule has 0 radical (unpaired) electrons. The number of benzene rings is 1. The van der Waals surface area contributed by atoms with E-state index in [9.17, 15) is 4.79 Å². The summed E-state index contributed by atoms with van der Waals surface area (Å²) in [7, 11) is 0. The van der Waals surface area contributed by atoms with Gasteiger partial charge in [0.2, 0.25) is 5.91 Å². The average Bonchev–Trinajstić information content (AvgIpc) is 2.88. The molecule has 1 heterocycles. The van der Waals surface area contributed by atoms with Crippen LogP contribution in [0.2, 0.25) is 0 Å². The van der Waals surface area contributed by atoms with E-state index in [0.29, 0.717) is 0 Å². The number of aromatic amines is 1. The second kappa shape index (κ2) is 5.17. The molecule has 1 atom stereocenters. The Bertz CT molecular complexity index is 591. The highest BCUT2D eigenvalue weighted by molar-refractivity contribution is 9.10. The van der Waals surface area contributed by atoms with Crippen LogP contribution in [0.4, 0.5) is 5.69 Å². The van der Waals surface area contributed by atoms with E-state index in [4.69, 9.17) is 0 Å². The average molecular weight is 320 g/mol. The normalized spacial score (nSPS) is 17.8. The molecule has 1 aliphatic carbocycles. The van der Waals surface area contributed by atoms with Crippen molar-refractivity contribution in [2.45, 2.75) is 19.3 Å². The number of halogens is 1. The summed E-state index contributed by atoms with van der Waals surface area (Å²) in [5.74, 6) is 0.110. The van der Waals surface area contributed by atoms with Crippen molar-refractivity contribution in [3.05, 3.63) is 46.5 Å². The number of H-pyrrole nitrogens is 1. The zero-order chi connectivity index (χ0) is 13.2. The Hall–Kier alpha value is -1.62. The van der Waals surface area contributed by atoms with Crippen molar-refractivity contribution in [3.8, 4) is 0 Å². The third-order valence-electron chi connectivity index (χ3n) is 3.47. The molecule has 4 nitrogen and oxygen atoms in total. The topological polar surface area (TPSA) is 57.8 Å². The van der Waals surface area contributed by atoms with E-state index in [1.54, 1.807) is 6.33 Å². The van der Waals surface area contributed by atoms with Crippen LogP contribution in [-0.2, 0) is 17.6 Å². The van der Waals surface area contributed by atoms with Crippen molar-refractivity contribution in [2.24, 2.45) is 5.92 Å². The van der Waals surface area contributed by atoms with E-state index in [1.807, 2.05) is 24.3 Å². The highest BCUT2D eigenvalue weighted by atomic mass is 79.9. The SMILES string of the molecule is O=C(Nc1ccc(Br)cc1)C1CCc2nc[nH]c2C1. The molecular weight excluding hydrogens is 306 g/mol. The van der Waals surface area contributed by atoms with Gasteiger partial charge in [0.05, 0.1) is 12.0 Å². The Balaban J connectivity index is 1.67. The minimum atomic E-state index is 0.0246. The highest BCUT2D eigenvalue weighted by Crippen LogP contribution is 2.24. The summed E-state index contributed by atoms with van der Waals surface area (Å²) in [5.41, 5.74) is 3.04. The summed E-state index contributed by atoms with van der Waals surface area (Å²) < 4.78 is 1.00. The molecule has 1 aromatic carbocycles. The van der Waals surface area contributed by atoms with Crippen LogP contribution in [0.3, 0.4) is 0 Å². The fourth-order valence-corrected chi connectivity index (χ4v) is 2.67. The first-order valence-corrected chi connectivity index (χ1v) is 7.09. The summed E-state index contributed by atoms with van der Waals surface area (Å²) in [6, 6.07) is 7.63. The lowest BCUT2D eigenvalue weighted by Gasteiger charge is -2.20. The van der Waals surface area contributed by atoms with Gasteiger partial charge in [-0.05, 0) is 37.1 Å². The molecule has 0 aliphatic heterocycles. The van der Waals surface area contributed by atoms with Gasteiger partial charge in [0.25, 0.3) is 0 Å². The van der Waals surface area contributed by atoms with Crippen molar-refractivity contribution in [1.82, 2.24) is 9.97 Å². The van der Waals surface area contributed by atoms with E-state index in [-0.39, 0.29) is 11.8 Å². The van der Waals surface area contributed by atoms with Crippen LogP contribution >= 0.6 is 15.9 Å². The third kappa shape index (κ3) is 2.71. The second-order valence-corrected chi connectivity index (χ2v) is 5.68. The predicted molar refractivity (Wildman–Crippen MR) is 76.9 cm³/mol. The van der Waals surface area contributed by atoms with Gasteiger partial charge in [-0.15, -0.1) is 0 Å². The van der Waals surface area contributed by atoms with Crippen LogP contribution in [0.1, 0.15) is 17.8 Å². The smallest absolute Gasteiger partial charge is 0.227 e. The molecule has 1 aromatic heterocycles. The molecule has 0 spiro atoms. The van der Waals surface area contributed by atoms with E-state index in [0.717, 1.165) is 40.8 Å². The van der Waals surface area contributed by atoms with Crippen molar-refractivity contribution in [1.29, 1.82) is 0 Å². The molecule has 0 fully saturated rings. The van der Waals surface area contributed by atoms with Gasteiger partial charge in [0, 0.05) is 28.2 Å². The molecule has 19 heavy (non-hydrogen) atoms. The number of fused-ring (bicyclic) bond motifs is 1. The third-order valence-corrected chi connectivity index (χ3v) is 4.00. The van der Waals surface area contributed by atoms with Crippen molar-refractivity contribution < 1.29 is 4.79 Å². The van der Waals surface area contributed by atoms with Gasteiger partial charge in [-0.1, -0.05) is 15.9 Å². The van der Waals surface area contributed by atoms with Crippen molar-refractivity contribution in [3.63, 3.8) is 0 Å². The first-order valence-electron chi connectivity index (χ1n) is 6.30. The predicted octanol–water partition coefficient (Wildman–Crippen LogP) is 2.92. The van der Waals surface area contributed by atoms with Gasteiger partial charge in [0.1, 0.15) is 0 Å². The number of anilines is 1. The summed E-state index contributed by atoms with van der Waals surface area (Å²) >= 11 is 3.38. The highest BCUT2D eigenvalue weighted by Gasteiger charge is 2.26. The summed E-state index contributed by atoms with van der Waals surface area (Å²) in [6.07, 6.45) is 4.19. The fourth-order valence-electron chi connectivity index (χ4n) is 2.40. The maximum Gasteiger partial charge on any atom is 0.227 e. The molecule has 0 bridgehead atoms. The molecule has 5 heteroatoms. The van der Waals surface area contributed by atoms with E-state index >= 15 is 0 Å². The van der Waals surface area contributed by atoms with Crippen molar-refractivity contribution >= 4 is 27.5 Å². The van der Waals surface area contributed by atoms with Gasteiger partial charge in [-0.3, -0.25) is 4.79 Å². The van der Waals surface area contributed by atoms with Crippen LogP contribution in [0.25, 0.3) is 0 Å². The quantitative estimate of drug-likeness (QED) is 0.894. The number of aromatic nitrogens is 2. The van der Waals surface area contributed by atoms with Crippen LogP contribution in [-0.4, -0.2) is 15.9 Å². The van der Waals surface area contributed by atoms with Gasteiger partial charge in [-0.25, -0.2) is 4.98 Å². The Labute approximate surface area is 119 Å². The number of nitrogens with zero attached hydrogens (tertiary/aromatic N) is 1. The van der Waals surface area contributed by atoms with Gasteiger partial charge >= 0.3 is 0 Å². The van der Waals surface area contributed by atoms with Crippen LogP contribution in [0.5, 0.6) is 0 Å². The minimum absolute atomic E-state index is 0.0246. The number of carbonyl (C=O) groups is 1. The van der Waals surface area contributed by atoms with Crippen LogP contribution in [0.15, 0.2) is 35.1 Å². The number of hydrogen-bond acceptors (Lipinski definition) is 2. The van der Waals surface area contributed by atoms with Crippen LogP contribution < -0.4 is 5.32 Å². The monoisotopic (exact) mass is 319 g/mol. The molecule has 0 saturated carbocycles. The zero-order valence-corrected chi connectivity index (χ0v) is 11.9. The van der Waals surface area contributed by atoms with E-state index in [2.05, 4.69) is 31.2 Å². The fraction of sp³-hybridized carbons (Fsp3) is 0.286. The van der Waals surface area contributed by atoms with Gasteiger partial charge < -0.3 is 10.3 Å². The molecule has 2 aromatic rings. The maximum atomic E-state index is 12.2. The van der Waals surface area contributed by atoms with Gasteiger partial charge in [-0.2, -0.15) is 0 Å². The number of imidazole rings is 1. The van der Waals surface area contributed by atoms with E-state index < -0.39 is 0 Å². The molecule has 0 saturated heterocycles. The first-order chi connectivity index (χ1) is 9.22. The largest absolute Gasteiger partial charge is 0.348 e. The Morgan fingerprint density at radius 1 is 1.37 bits per heavy atom. The van der Waals surface area contributed by atoms with Gasteiger partial charge in [0.15, 0.2) is 0 Å². The molecule has 2 N–H and O–H groups in total. The second-order valence-electron chi connectivity index (χ2n) is 4.76. The summed E-state index contributed by atoms with van der Waals surface area (Å²) in [6.45, 7) is 0. The van der Waals surface area contributed by atoms with Crippen LogP contribution in [0, 0.1) is 5.92 Å². The summed E-state index contributed by atoms with van der Waals surface area (Å²) in [4.78, 5) is 19.6. The Kier molecular flexibility index (Phi) is 3.38. The maximum absolute atomic E-state index is 12.2. The van der Waals surface area contributed by atoms with Crippen molar-refractivity contribution in [2.75, 3.05) is 5.32 Å². The molecule has 1 amide bonds. The number of amides is 1. The Morgan fingerprint density at radius 3 is 2.95 bits per heavy atom. The molecule has 1 aliphatic rings. The number of nitrogens with one attached hydrogen (secondary N) is 2. The van der Waals surface area contributed by atoms with E-state index in [1.165, 1.54) is 0 Å². The molecular formula is C14H14BrN3O. The molecule has 98 valence electrons. The lowest BCUT2D eigenvalue weighted by Crippen LogP contribution is -2.28. The number of hydrogen-bond donors (Lipinski definition) is 2. The number of aryl methyl sites for hydroxylation is 1. The molecule has 3 rings (SSSR count). The number of rotatable bonds is 2.